The molecule has 1 fully saturated rings. The summed E-state index contributed by atoms with van der Waals surface area (Å²) in [5, 5.41) is 3.36. The molecule has 22 heavy (non-hydrogen) atoms. The number of hydrogen-bond donors (Lipinski definition) is 1. The quantitative estimate of drug-likeness (QED) is 0.938. The lowest BCUT2D eigenvalue weighted by atomic mass is 10.2. The van der Waals surface area contributed by atoms with E-state index in [2.05, 4.69) is 21.3 Å². The summed E-state index contributed by atoms with van der Waals surface area (Å²) >= 11 is 0. The minimum atomic E-state index is 0.674. The zero-order valence-electron chi connectivity index (χ0n) is 13.2. The molecule has 2 aromatic rings. The number of ether oxygens (including phenoxy) is 1. The van der Waals surface area contributed by atoms with Crippen LogP contribution in [-0.2, 0) is 0 Å². The van der Waals surface area contributed by atoms with Gasteiger partial charge in [0.15, 0.2) is 5.82 Å². The van der Waals surface area contributed by atoms with Gasteiger partial charge in [0, 0.05) is 43.5 Å². The van der Waals surface area contributed by atoms with E-state index in [1.54, 1.807) is 0 Å². The van der Waals surface area contributed by atoms with Gasteiger partial charge in [-0.1, -0.05) is 0 Å². The third kappa shape index (κ3) is 3.36. The fourth-order valence-corrected chi connectivity index (χ4v) is 2.60. The average molecular weight is 298 g/mol. The first-order valence-corrected chi connectivity index (χ1v) is 7.81. The van der Waals surface area contributed by atoms with E-state index in [1.165, 1.54) is 0 Å². The second-order valence-electron chi connectivity index (χ2n) is 5.39. The largest absolute Gasteiger partial charge is 0.494 e. The number of piperazine rings is 1. The maximum atomic E-state index is 5.48. The first-order valence-electron chi connectivity index (χ1n) is 7.81. The zero-order valence-corrected chi connectivity index (χ0v) is 13.2. The van der Waals surface area contributed by atoms with Gasteiger partial charge >= 0.3 is 0 Å². The van der Waals surface area contributed by atoms with Crippen molar-refractivity contribution in [2.75, 3.05) is 37.7 Å². The van der Waals surface area contributed by atoms with E-state index < -0.39 is 0 Å². The van der Waals surface area contributed by atoms with Crippen molar-refractivity contribution in [3.05, 3.63) is 36.0 Å². The van der Waals surface area contributed by atoms with Crippen LogP contribution >= 0.6 is 0 Å². The molecule has 1 N–H and O–H groups in total. The standard InChI is InChI=1S/C17H22N4O/c1-3-22-15-6-4-14(5-7-15)17-19-13(2)12-16(20-17)21-10-8-18-9-11-21/h4-7,12,18H,3,8-11H2,1-2H3. The Balaban J connectivity index is 1.88. The molecule has 0 atom stereocenters. The van der Waals surface area contributed by atoms with Gasteiger partial charge in [0.2, 0.25) is 0 Å². The number of anilines is 1. The van der Waals surface area contributed by atoms with E-state index >= 15 is 0 Å². The molecule has 0 saturated carbocycles. The predicted molar refractivity (Wildman–Crippen MR) is 88.5 cm³/mol. The van der Waals surface area contributed by atoms with Crippen molar-refractivity contribution in [3.63, 3.8) is 0 Å². The fraction of sp³-hybridized carbons (Fsp3) is 0.412. The lowest BCUT2D eigenvalue weighted by Gasteiger charge is -2.28. The molecule has 0 amide bonds. The zero-order chi connectivity index (χ0) is 15.4. The molecule has 1 aromatic carbocycles. The van der Waals surface area contributed by atoms with Crippen molar-refractivity contribution in [1.82, 2.24) is 15.3 Å². The summed E-state index contributed by atoms with van der Waals surface area (Å²) in [5.41, 5.74) is 2.01. The van der Waals surface area contributed by atoms with Crippen molar-refractivity contribution in [2.24, 2.45) is 0 Å². The van der Waals surface area contributed by atoms with Gasteiger partial charge < -0.3 is 15.0 Å². The molecule has 116 valence electrons. The van der Waals surface area contributed by atoms with Crippen molar-refractivity contribution in [2.45, 2.75) is 13.8 Å². The minimum Gasteiger partial charge on any atom is -0.494 e. The molecule has 0 spiro atoms. The van der Waals surface area contributed by atoms with Crippen LogP contribution in [0.15, 0.2) is 30.3 Å². The number of aryl methyl sites for hydroxylation is 1. The minimum absolute atomic E-state index is 0.674. The van der Waals surface area contributed by atoms with E-state index in [4.69, 9.17) is 9.72 Å². The Bertz CT molecular complexity index is 621. The number of hydrogen-bond acceptors (Lipinski definition) is 5. The SMILES string of the molecule is CCOc1ccc(-c2nc(C)cc(N3CCNCC3)n2)cc1. The monoisotopic (exact) mass is 298 g/mol. The number of aromatic nitrogens is 2. The van der Waals surface area contributed by atoms with Gasteiger partial charge in [-0.25, -0.2) is 9.97 Å². The summed E-state index contributed by atoms with van der Waals surface area (Å²) in [5.74, 6) is 2.66. The molecule has 5 heteroatoms. The number of nitrogens with one attached hydrogen (secondary N) is 1. The first kappa shape index (κ1) is 14.8. The third-order valence-corrected chi connectivity index (χ3v) is 3.71. The lowest BCUT2D eigenvalue weighted by molar-refractivity contribution is 0.340. The average Bonchev–Trinajstić information content (AvgIpc) is 2.56. The van der Waals surface area contributed by atoms with E-state index in [0.717, 1.165) is 54.8 Å². The van der Waals surface area contributed by atoms with Crippen LogP contribution < -0.4 is 15.0 Å². The van der Waals surface area contributed by atoms with Crippen molar-refractivity contribution in [1.29, 1.82) is 0 Å². The maximum absolute atomic E-state index is 5.48. The molecule has 0 unspecified atom stereocenters. The van der Waals surface area contributed by atoms with E-state index in [9.17, 15) is 0 Å². The third-order valence-electron chi connectivity index (χ3n) is 3.71. The van der Waals surface area contributed by atoms with Gasteiger partial charge in [-0.3, -0.25) is 0 Å². The summed E-state index contributed by atoms with van der Waals surface area (Å²) in [4.78, 5) is 11.6. The summed E-state index contributed by atoms with van der Waals surface area (Å²) in [6.45, 7) is 8.65. The molecular weight excluding hydrogens is 276 g/mol. The van der Waals surface area contributed by atoms with Gasteiger partial charge in [0.05, 0.1) is 6.61 Å². The van der Waals surface area contributed by atoms with Crippen molar-refractivity contribution in [3.8, 4) is 17.1 Å². The Morgan fingerprint density at radius 2 is 1.86 bits per heavy atom. The summed E-state index contributed by atoms with van der Waals surface area (Å²) in [6.07, 6.45) is 0. The van der Waals surface area contributed by atoms with Crippen LogP contribution in [0, 0.1) is 6.92 Å². The fourth-order valence-electron chi connectivity index (χ4n) is 2.60. The van der Waals surface area contributed by atoms with Gasteiger partial charge in [-0.2, -0.15) is 0 Å². The van der Waals surface area contributed by atoms with Crippen LogP contribution in [0.2, 0.25) is 0 Å². The van der Waals surface area contributed by atoms with Crippen LogP contribution in [0.5, 0.6) is 5.75 Å². The number of nitrogens with zero attached hydrogens (tertiary/aromatic N) is 3. The van der Waals surface area contributed by atoms with Gasteiger partial charge in [0.25, 0.3) is 0 Å². The van der Waals surface area contributed by atoms with Crippen LogP contribution in [-0.4, -0.2) is 42.8 Å². The first-order chi connectivity index (χ1) is 10.8. The molecule has 3 rings (SSSR count). The smallest absolute Gasteiger partial charge is 0.161 e. The second kappa shape index (κ2) is 6.75. The van der Waals surface area contributed by atoms with Gasteiger partial charge in [0.1, 0.15) is 11.6 Å². The van der Waals surface area contributed by atoms with E-state index in [0.29, 0.717) is 6.61 Å². The van der Waals surface area contributed by atoms with Gasteiger partial charge in [-0.05, 0) is 38.1 Å². The van der Waals surface area contributed by atoms with Crippen LogP contribution in [0.25, 0.3) is 11.4 Å². The predicted octanol–water partition coefficient (Wildman–Crippen LogP) is 2.26. The highest BCUT2D eigenvalue weighted by Gasteiger charge is 2.14. The Morgan fingerprint density at radius 3 is 2.55 bits per heavy atom. The molecule has 0 aliphatic carbocycles. The van der Waals surface area contributed by atoms with Crippen molar-refractivity contribution >= 4 is 5.82 Å². The van der Waals surface area contributed by atoms with Crippen molar-refractivity contribution < 1.29 is 4.74 Å². The number of benzene rings is 1. The molecule has 1 aliphatic rings. The highest BCUT2D eigenvalue weighted by Crippen LogP contribution is 2.22. The molecule has 5 nitrogen and oxygen atoms in total. The van der Waals surface area contributed by atoms with E-state index in [1.807, 2.05) is 38.1 Å². The second-order valence-corrected chi connectivity index (χ2v) is 5.39. The van der Waals surface area contributed by atoms with Crippen LogP contribution in [0.4, 0.5) is 5.82 Å². The van der Waals surface area contributed by atoms with E-state index in [-0.39, 0.29) is 0 Å². The Labute approximate surface area is 131 Å². The Morgan fingerprint density at radius 1 is 1.14 bits per heavy atom. The van der Waals surface area contributed by atoms with Gasteiger partial charge in [-0.15, -0.1) is 0 Å². The number of rotatable bonds is 4. The summed E-state index contributed by atoms with van der Waals surface area (Å²) < 4.78 is 5.48. The molecule has 0 bridgehead atoms. The Kier molecular flexibility index (Phi) is 4.53. The molecular formula is C17H22N4O. The van der Waals surface area contributed by atoms with Crippen LogP contribution in [0.1, 0.15) is 12.6 Å². The normalized spacial score (nSPS) is 14.9. The molecule has 1 aliphatic heterocycles. The molecule has 1 saturated heterocycles. The molecule has 2 heterocycles. The highest BCUT2D eigenvalue weighted by atomic mass is 16.5. The lowest BCUT2D eigenvalue weighted by Crippen LogP contribution is -2.44. The van der Waals surface area contributed by atoms with Crippen LogP contribution in [0.3, 0.4) is 0 Å². The topological polar surface area (TPSA) is 50.3 Å². The summed E-state index contributed by atoms with van der Waals surface area (Å²) in [6, 6.07) is 10.0. The molecule has 0 radical (unpaired) electrons. The highest BCUT2D eigenvalue weighted by molar-refractivity contribution is 5.59. The molecule has 1 aromatic heterocycles. The Hall–Kier alpha value is -2.14. The summed E-state index contributed by atoms with van der Waals surface area (Å²) in [7, 11) is 0. The maximum Gasteiger partial charge on any atom is 0.161 e.